The standard InChI is InChI=1S/C17H14N4O3S2/c1-24-17(23)14-13(19)12-11(7-3-4-10(25-2)9(22)5-7)8(6-18)15(20)21-16(12)26-14/h3-5,22H,19H2,1-2H3,(H2,20,21). The summed E-state index contributed by atoms with van der Waals surface area (Å²) in [5.74, 6) is -0.486. The first kappa shape index (κ1) is 17.8. The third-order valence-corrected chi connectivity index (χ3v) is 5.72. The van der Waals surface area contributed by atoms with Gasteiger partial charge in [-0.2, -0.15) is 5.26 Å². The highest BCUT2D eigenvalue weighted by molar-refractivity contribution is 7.98. The molecule has 0 saturated heterocycles. The minimum atomic E-state index is -0.589. The molecule has 0 atom stereocenters. The molecule has 0 bridgehead atoms. The van der Waals surface area contributed by atoms with Gasteiger partial charge in [-0.3, -0.25) is 0 Å². The summed E-state index contributed by atoms with van der Waals surface area (Å²) in [7, 11) is 1.26. The fraction of sp³-hybridized carbons (Fsp3) is 0.118. The van der Waals surface area contributed by atoms with Crippen LogP contribution >= 0.6 is 23.1 Å². The summed E-state index contributed by atoms with van der Waals surface area (Å²) >= 11 is 2.44. The van der Waals surface area contributed by atoms with Crippen molar-refractivity contribution in [2.24, 2.45) is 0 Å². The number of nitrogens with zero attached hydrogens (tertiary/aromatic N) is 2. The SMILES string of the molecule is COC(=O)c1sc2nc(N)c(C#N)c(-c3ccc(SC)c(O)c3)c2c1N. The number of nitrogens with two attached hydrogens (primary N) is 2. The molecule has 132 valence electrons. The lowest BCUT2D eigenvalue weighted by molar-refractivity contribution is 0.0607. The van der Waals surface area contributed by atoms with Gasteiger partial charge in [-0.15, -0.1) is 23.1 Å². The van der Waals surface area contributed by atoms with E-state index in [0.717, 1.165) is 11.3 Å². The Hall–Kier alpha value is -2.96. The monoisotopic (exact) mass is 386 g/mol. The Bertz CT molecular complexity index is 1090. The first-order valence-electron chi connectivity index (χ1n) is 7.30. The van der Waals surface area contributed by atoms with Crippen LogP contribution in [0, 0.1) is 11.3 Å². The summed E-state index contributed by atoms with van der Waals surface area (Å²) in [5, 5.41) is 20.2. The van der Waals surface area contributed by atoms with Crippen LogP contribution in [-0.4, -0.2) is 29.4 Å². The average Bonchev–Trinajstić information content (AvgIpc) is 2.95. The molecule has 7 nitrogen and oxygen atoms in total. The predicted molar refractivity (Wildman–Crippen MR) is 103 cm³/mol. The van der Waals surface area contributed by atoms with Crippen LogP contribution in [0.15, 0.2) is 23.1 Å². The van der Waals surface area contributed by atoms with Crippen molar-refractivity contribution in [3.63, 3.8) is 0 Å². The number of thiophene rings is 1. The van der Waals surface area contributed by atoms with E-state index in [9.17, 15) is 15.2 Å². The summed E-state index contributed by atoms with van der Waals surface area (Å²) in [6.45, 7) is 0. The first-order valence-corrected chi connectivity index (χ1v) is 9.34. The number of nitriles is 1. The predicted octanol–water partition coefficient (Wildman–Crippen LogP) is 3.21. The number of carbonyl (C=O) groups excluding carboxylic acids is 1. The smallest absolute Gasteiger partial charge is 0.350 e. The molecule has 0 aliphatic rings. The van der Waals surface area contributed by atoms with Crippen molar-refractivity contribution in [2.75, 3.05) is 24.8 Å². The van der Waals surface area contributed by atoms with Gasteiger partial charge in [0.05, 0.1) is 12.8 Å². The van der Waals surface area contributed by atoms with Crippen molar-refractivity contribution in [2.45, 2.75) is 4.90 Å². The molecule has 2 aromatic heterocycles. The zero-order valence-corrected chi connectivity index (χ0v) is 15.5. The van der Waals surface area contributed by atoms with E-state index in [2.05, 4.69) is 4.98 Å². The fourth-order valence-corrected chi connectivity index (χ4v) is 4.16. The second-order valence-corrected chi connectivity index (χ2v) is 7.11. The molecule has 3 aromatic rings. The second-order valence-electron chi connectivity index (χ2n) is 5.26. The molecule has 0 aliphatic carbocycles. The lowest BCUT2D eigenvalue weighted by Crippen LogP contribution is -2.02. The Morgan fingerprint density at radius 1 is 1.42 bits per heavy atom. The number of methoxy groups -OCH3 is 1. The van der Waals surface area contributed by atoms with Crippen molar-refractivity contribution in [1.29, 1.82) is 5.26 Å². The molecule has 0 amide bonds. The van der Waals surface area contributed by atoms with E-state index in [1.54, 1.807) is 12.1 Å². The third kappa shape index (κ3) is 2.69. The summed E-state index contributed by atoms with van der Waals surface area (Å²) in [4.78, 5) is 17.5. The van der Waals surface area contributed by atoms with Gasteiger partial charge < -0.3 is 21.3 Å². The first-order chi connectivity index (χ1) is 12.4. The van der Waals surface area contributed by atoms with Crippen LogP contribution in [0.2, 0.25) is 0 Å². The molecule has 26 heavy (non-hydrogen) atoms. The number of aromatic nitrogens is 1. The molecule has 0 aliphatic heterocycles. The molecule has 0 radical (unpaired) electrons. The van der Waals surface area contributed by atoms with Crippen LogP contribution < -0.4 is 11.5 Å². The third-order valence-electron chi connectivity index (χ3n) is 3.85. The number of anilines is 2. The van der Waals surface area contributed by atoms with Gasteiger partial charge in [0.25, 0.3) is 0 Å². The van der Waals surface area contributed by atoms with Crippen LogP contribution in [0.3, 0.4) is 0 Å². The van der Waals surface area contributed by atoms with E-state index in [1.807, 2.05) is 12.3 Å². The number of esters is 1. The zero-order chi connectivity index (χ0) is 19.0. The van der Waals surface area contributed by atoms with E-state index in [0.29, 0.717) is 26.2 Å². The Labute approximate surface area is 157 Å². The largest absolute Gasteiger partial charge is 0.507 e. The molecule has 0 saturated carbocycles. The van der Waals surface area contributed by atoms with Crippen LogP contribution in [0.1, 0.15) is 15.2 Å². The molecule has 5 N–H and O–H groups in total. The number of rotatable bonds is 3. The molecule has 3 rings (SSSR count). The van der Waals surface area contributed by atoms with E-state index < -0.39 is 5.97 Å². The van der Waals surface area contributed by atoms with Gasteiger partial charge in [-0.05, 0) is 24.0 Å². The molecule has 9 heteroatoms. The highest BCUT2D eigenvalue weighted by Crippen LogP contribution is 2.44. The summed E-state index contributed by atoms with van der Waals surface area (Å²) in [6, 6.07) is 7.08. The minimum absolute atomic E-state index is 0.0288. The highest BCUT2D eigenvalue weighted by Gasteiger charge is 2.24. The average molecular weight is 386 g/mol. The van der Waals surface area contributed by atoms with Gasteiger partial charge in [0.15, 0.2) is 0 Å². The molecular formula is C17H14N4O3S2. The maximum atomic E-state index is 12.0. The topological polar surface area (TPSA) is 135 Å². The summed E-state index contributed by atoms with van der Waals surface area (Å²) in [6.07, 6.45) is 1.84. The maximum absolute atomic E-state index is 12.0. The van der Waals surface area contributed by atoms with Gasteiger partial charge in [-0.1, -0.05) is 6.07 Å². The van der Waals surface area contributed by atoms with Gasteiger partial charge in [0, 0.05) is 15.8 Å². The van der Waals surface area contributed by atoms with Crippen LogP contribution in [0.4, 0.5) is 11.5 Å². The fourth-order valence-electron chi connectivity index (χ4n) is 2.66. The number of phenolic OH excluding ortho intramolecular Hbond substituents is 1. The Morgan fingerprint density at radius 3 is 2.73 bits per heavy atom. The normalized spacial score (nSPS) is 10.7. The second kappa shape index (κ2) is 6.74. The Morgan fingerprint density at radius 2 is 2.15 bits per heavy atom. The van der Waals surface area contributed by atoms with Crippen molar-refractivity contribution in [1.82, 2.24) is 4.98 Å². The number of phenols is 1. The van der Waals surface area contributed by atoms with E-state index in [1.165, 1.54) is 24.9 Å². The Balaban J connectivity index is 2.42. The summed E-state index contributed by atoms with van der Waals surface area (Å²) < 4.78 is 4.75. The number of nitrogen functional groups attached to an aromatic ring is 2. The van der Waals surface area contributed by atoms with E-state index in [4.69, 9.17) is 16.2 Å². The molecule has 0 fully saturated rings. The van der Waals surface area contributed by atoms with Gasteiger partial charge in [0.2, 0.25) is 0 Å². The Kier molecular flexibility index (Phi) is 4.63. The lowest BCUT2D eigenvalue weighted by Gasteiger charge is -2.11. The zero-order valence-electron chi connectivity index (χ0n) is 13.9. The number of ether oxygens (including phenoxy) is 1. The highest BCUT2D eigenvalue weighted by atomic mass is 32.2. The van der Waals surface area contributed by atoms with Crippen LogP contribution in [0.25, 0.3) is 21.3 Å². The van der Waals surface area contributed by atoms with E-state index >= 15 is 0 Å². The quantitative estimate of drug-likeness (QED) is 0.461. The summed E-state index contributed by atoms with van der Waals surface area (Å²) in [5.41, 5.74) is 13.4. The van der Waals surface area contributed by atoms with Gasteiger partial charge in [0.1, 0.15) is 32.9 Å². The minimum Gasteiger partial charge on any atom is -0.507 e. The van der Waals surface area contributed by atoms with Gasteiger partial charge in [-0.25, -0.2) is 9.78 Å². The number of hydrogen-bond acceptors (Lipinski definition) is 9. The number of carbonyl (C=O) groups is 1. The van der Waals surface area contributed by atoms with Crippen molar-refractivity contribution in [3.8, 4) is 22.9 Å². The van der Waals surface area contributed by atoms with Crippen molar-refractivity contribution >= 4 is 50.8 Å². The molecule has 0 unspecified atom stereocenters. The molecular weight excluding hydrogens is 372 g/mol. The number of hydrogen-bond donors (Lipinski definition) is 3. The number of thioether (sulfide) groups is 1. The maximum Gasteiger partial charge on any atom is 0.350 e. The number of aromatic hydroxyl groups is 1. The number of fused-ring (bicyclic) bond motifs is 1. The van der Waals surface area contributed by atoms with Gasteiger partial charge >= 0.3 is 5.97 Å². The van der Waals surface area contributed by atoms with Crippen molar-refractivity contribution in [3.05, 3.63) is 28.6 Å². The van der Waals surface area contributed by atoms with Crippen LogP contribution in [0.5, 0.6) is 5.75 Å². The number of benzene rings is 1. The number of pyridine rings is 1. The lowest BCUT2D eigenvalue weighted by atomic mass is 9.97. The van der Waals surface area contributed by atoms with Crippen LogP contribution in [-0.2, 0) is 4.74 Å². The van der Waals surface area contributed by atoms with Crippen molar-refractivity contribution < 1.29 is 14.6 Å². The van der Waals surface area contributed by atoms with E-state index in [-0.39, 0.29) is 27.7 Å². The molecule has 0 spiro atoms. The molecule has 1 aromatic carbocycles. The molecule has 2 heterocycles.